The molecule has 0 aliphatic carbocycles. The van der Waals surface area contributed by atoms with Gasteiger partial charge in [-0.15, -0.1) is 0 Å². The average molecular weight is 280 g/mol. The van der Waals surface area contributed by atoms with Gasteiger partial charge in [0.2, 0.25) is 0 Å². The van der Waals surface area contributed by atoms with Gasteiger partial charge in [0.05, 0.1) is 11.3 Å². The van der Waals surface area contributed by atoms with Crippen LogP contribution in [0.2, 0.25) is 0 Å². The zero-order chi connectivity index (χ0) is 15.0. The summed E-state index contributed by atoms with van der Waals surface area (Å²) in [4.78, 5) is 30.0. The third-order valence-electron chi connectivity index (χ3n) is 3.90. The molecule has 4 heteroatoms. The molecular formula is C17H16N2O2. The Morgan fingerprint density at radius 2 is 1.67 bits per heavy atom. The lowest BCUT2D eigenvalue weighted by molar-refractivity contribution is -0.114. The highest BCUT2D eigenvalue weighted by atomic mass is 16.2. The Bertz CT molecular complexity index is 723. The SMILES string of the molecule is Cc1ccc(C)c2c1C(=O)C(=O)N2CCc1ccncc1. The van der Waals surface area contributed by atoms with Crippen molar-refractivity contribution in [1.82, 2.24) is 4.98 Å². The molecule has 0 spiro atoms. The predicted octanol–water partition coefficient (Wildman–Crippen LogP) is 2.47. The number of aromatic nitrogens is 1. The topological polar surface area (TPSA) is 50.3 Å². The van der Waals surface area contributed by atoms with Crippen LogP contribution in [0.5, 0.6) is 0 Å². The van der Waals surface area contributed by atoms with Crippen LogP contribution >= 0.6 is 0 Å². The Kier molecular flexibility index (Phi) is 3.29. The molecule has 2 heterocycles. The molecule has 21 heavy (non-hydrogen) atoms. The van der Waals surface area contributed by atoms with E-state index >= 15 is 0 Å². The fourth-order valence-electron chi connectivity index (χ4n) is 2.77. The fourth-order valence-corrected chi connectivity index (χ4v) is 2.77. The van der Waals surface area contributed by atoms with Crippen LogP contribution in [-0.2, 0) is 11.2 Å². The first-order valence-corrected chi connectivity index (χ1v) is 6.95. The molecule has 0 saturated carbocycles. The Morgan fingerprint density at radius 1 is 1.00 bits per heavy atom. The molecule has 2 aromatic rings. The normalized spacial score (nSPS) is 13.7. The summed E-state index contributed by atoms with van der Waals surface area (Å²) in [6.45, 7) is 4.31. The Morgan fingerprint density at radius 3 is 2.38 bits per heavy atom. The van der Waals surface area contributed by atoms with E-state index in [2.05, 4.69) is 4.98 Å². The number of Topliss-reactive ketones (excluding diaryl/α,β-unsaturated/α-hetero) is 1. The van der Waals surface area contributed by atoms with Crippen LogP contribution in [0.1, 0.15) is 27.0 Å². The van der Waals surface area contributed by atoms with Crippen LogP contribution in [0.3, 0.4) is 0 Å². The molecule has 0 bridgehead atoms. The average Bonchev–Trinajstić information content (AvgIpc) is 2.75. The molecule has 1 aromatic carbocycles. The van der Waals surface area contributed by atoms with Crippen LogP contribution in [0.25, 0.3) is 0 Å². The van der Waals surface area contributed by atoms with E-state index in [9.17, 15) is 9.59 Å². The van der Waals surface area contributed by atoms with Gasteiger partial charge in [0.1, 0.15) is 0 Å². The third-order valence-corrected chi connectivity index (χ3v) is 3.90. The van der Waals surface area contributed by atoms with Crippen molar-refractivity contribution < 1.29 is 9.59 Å². The number of carbonyl (C=O) groups excluding carboxylic acids is 2. The lowest BCUT2D eigenvalue weighted by Gasteiger charge is -2.18. The van der Waals surface area contributed by atoms with Gasteiger partial charge in [0.25, 0.3) is 11.7 Å². The molecule has 0 atom stereocenters. The first kappa shape index (κ1) is 13.5. The third kappa shape index (κ3) is 2.23. The van der Waals surface area contributed by atoms with E-state index in [0.717, 1.165) is 22.4 Å². The maximum atomic E-state index is 12.3. The van der Waals surface area contributed by atoms with Gasteiger partial charge < -0.3 is 4.90 Å². The van der Waals surface area contributed by atoms with Gasteiger partial charge in [0.15, 0.2) is 0 Å². The maximum absolute atomic E-state index is 12.3. The fraction of sp³-hybridized carbons (Fsp3) is 0.235. The van der Waals surface area contributed by atoms with Crippen LogP contribution < -0.4 is 4.90 Å². The minimum absolute atomic E-state index is 0.388. The Hall–Kier alpha value is -2.49. The lowest BCUT2D eigenvalue weighted by atomic mass is 10.0. The summed E-state index contributed by atoms with van der Waals surface area (Å²) in [6.07, 6.45) is 4.17. The van der Waals surface area contributed by atoms with Gasteiger partial charge >= 0.3 is 0 Å². The molecule has 1 aliphatic rings. The molecular weight excluding hydrogens is 264 g/mol. The van der Waals surface area contributed by atoms with E-state index < -0.39 is 5.91 Å². The van der Waals surface area contributed by atoms with Crippen molar-refractivity contribution in [3.05, 3.63) is 58.9 Å². The number of hydrogen-bond acceptors (Lipinski definition) is 3. The molecule has 3 rings (SSSR count). The van der Waals surface area contributed by atoms with Crippen molar-refractivity contribution in [2.75, 3.05) is 11.4 Å². The molecule has 0 saturated heterocycles. The molecule has 0 fully saturated rings. The van der Waals surface area contributed by atoms with E-state index in [1.165, 1.54) is 0 Å². The zero-order valence-electron chi connectivity index (χ0n) is 12.1. The summed E-state index contributed by atoms with van der Waals surface area (Å²) >= 11 is 0. The smallest absolute Gasteiger partial charge is 0.299 e. The highest BCUT2D eigenvalue weighted by Crippen LogP contribution is 2.34. The van der Waals surface area contributed by atoms with E-state index in [1.54, 1.807) is 17.3 Å². The summed E-state index contributed by atoms with van der Waals surface area (Å²) in [5.41, 5.74) is 4.27. The van der Waals surface area contributed by atoms with Gasteiger partial charge in [-0.25, -0.2) is 0 Å². The quantitative estimate of drug-likeness (QED) is 0.812. The number of aryl methyl sites for hydroxylation is 2. The van der Waals surface area contributed by atoms with Gasteiger partial charge in [0, 0.05) is 18.9 Å². The summed E-state index contributed by atoms with van der Waals surface area (Å²) in [6, 6.07) is 7.70. The number of fused-ring (bicyclic) bond motifs is 1. The van der Waals surface area contributed by atoms with E-state index in [0.29, 0.717) is 18.5 Å². The second-order valence-corrected chi connectivity index (χ2v) is 5.31. The molecule has 0 unspecified atom stereocenters. The van der Waals surface area contributed by atoms with Crippen LogP contribution in [-0.4, -0.2) is 23.2 Å². The van der Waals surface area contributed by atoms with Crippen molar-refractivity contribution >= 4 is 17.4 Å². The van der Waals surface area contributed by atoms with Crippen LogP contribution in [0, 0.1) is 13.8 Å². The standard InChI is InChI=1S/C17H16N2O2/c1-11-3-4-12(2)15-14(11)16(20)17(21)19(15)10-7-13-5-8-18-9-6-13/h3-6,8-9H,7,10H2,1-2H3. The van der Waals surface area contributed by atoms with Gasteiger partial charge in [-0.3, -0.25) is 14.6 Å². The van der Waals surface area contributed by atoms with Gasteiger partial charge in [-0.05, 0) is 49.1 Å². The van der Waals surface area contributed by atoms with Crippen molar-refractivity contribution in [3.8, 4) is 0 Å². The van der Waals surface area contributed by atoms with E-state index in [1.807, 2.05) is 38.1 Å². The van der Waals surface area contributed by atoms with Crippen LogP contribution in [0.15, 0.2) is 36.7 Å². The largest absolute Gasteiger partial charge is 0.304 e. The Labute approximate surface area is 123 Å². The maximum Gasteiger partial charge on any atom is 0.299 e. The predicted molar refractivity (Wildman–Crippen MR) is 80.5 cm³/mol. The molecule has 1 aromatic heterocycles. The summed E-state index contributed by atoms with van der Waals surface area (Å²) in [5.74, 6) is -0.808. The van der Waals surface area contributed by atoms with E-state index in [-0.39, 0.29) is 5.78 Å². The lowest BCUT2D eigenvalue weighted by Crippen LogP contribution is -2.32. The first-order valence-electron chi connectivity index (χ1n) is 6.95. The number of benzene rings is 1. The summed E-state index contributed by atoms with van der Waals surface area (Å²) in [5, 5.41) is 0. The molecule has 0 radical (unpaired) electrons. The number of anilines is 1. The molecule has 106 valence electrons. The number of rotatable bonds is 3. The number of hydrogen-bond donors (Lipinski definition) is 0. The monoisotopic (exact) mass is 280 g/mol. The molecule has 4 nitrogen and oxygen atoms in total. The highest BCUT2D eigenvalue weighted by Gasteiger charge is 2.37. The van der Waals surface area contributed by atoms with Crippen molar-refractivity contribution in [2.45, 2.75) is 20.3 Å². The molecule has 0 N–H and O–H groups in total. The number of pyridine rings is 1. The summed E-state index contributed by atoms with van der Waals surface area (Å²) in [7, 11) is 0. The Balaban J connectivity index is 1.93. The van der Waals surface area contributed by atoms with Crippen LogP contribution in [0.4, 0.5) is 5.69 Å². The van der Waals surface area contributed by atoms with Gasteiger partial charge in [-0.2, -0.15) is 0 Å². The van der Waals surface area contributed by atoms with Crippen molar-refractivity contribution in [3.63, 3.8) is 0 Å². The number of amides is 1. The van der Waals surface area contributed by atoms with Gasteiger partial charge in [-0.1, -0.05) is 12.1 Å². The second kappa shape index (κ2) is 5.13. The van der Waals surface area contributed by atoms with E-state index in [4.69, 9.17) is 0 Å². The minimum atomic E-state index is -0.420. The van der Waals surface area contributed by atoms with Crippen molar-refractivity contribution in [2.24, 2.45) is 0 Å². The number of carbonyl (C=O) groups is 2. The first-order chi connectivity index (χ1) is 10.1. The highest BCUT2D eigenvalue weighted by molar-refractivity contribution is 6.52. The minimum Gasteiger partial charge on any atom is -0.304 e. The number of nitrogens with zero attached hydrogens (tertiary/aromatic N) is 2. The summed E-state index contributed by atoms with van der Waals surface area (Å²) < 4.78 is 0. The van der Waals surface area contributed by atoms with Crippen molar-refractivity contribution in [1.29, 1.82) is 0 Å². The second-order valence-electron chi connectivity index (χ2n) is 5.31. The number of ketones is 1. The molecule has 1 aliphatic heterocycles. The zero-order valence-corrected chi connectivity index (χ0v) is 12.1. The molecule has 1 amide bonds.